The van der Waals surface area contributed by atoms with Crippen molar-refractivity contribution in [1.29, 1.82) is 0 Å². The van der Waals surface area contributed by atoms with Gasteiger partial charge < -0.3 is 14.6 Å². The fraction of sp³-hybridized carbons (Fsp3) is 0.538. The van der Waals surface area contributed by atoms with Gasteiger partial charge in [0.15, 0.2) is 5.82 Å². The van der Waals surface area contributed by atoms with Crippen LogP contribution in [0.25, 0.3) is 0 Å². The molecule has 0 radical (unpaired) electrons. The standard InChI is InChI=1S/C13H18N4O2/c1-9-15-13(19-16-9)12-7-17(5-10(12)8-18)6-11-3-2-4-14-11/h2-4,10,12,14,18H,5-8H2,1H3/t10-,12+/m0/s1. The van der Waals surface area contributed by atoms with Crippen molar-refractivity contribution in [3.8, 4) is 0 Å². The van der Waals surface area contributed by atoms with Gasteiger partial charge in [0.2, 0.25) is 5.89 Å². The van der Waals surface area contributed by atoms with Gasteiger partial charge in [-0.25, -0.2) is 0 Å². The van der Waals surface area contributed by atoms with Crippen molar-refractivity contribution in [2.75, 3.05) is 19.7 Å². The number of hydrogen-bond acceptors (Lipinski definition) is 5. The summed E-state index contributed by atoms with van der Waals surface area (Å²) >= 11 is 0. The Bertz CT molecular complexity index is 522. The maximum absolute atomic E-state index is 9.52. The number of nitrogens with zero attached hydrogens (tertiary/aromatic N) is 3. The van der Waals surface area contributed by atoms with Gasteiger partial charge in [-0.2, -0.15) is 4.98 Å². The fourth-order valence-electron chi connectivity index (χ4n) is 2.72. The molecule has 1 aliphatic heterocycles. The van der Waals surface area contributed by atoms with Crippen LogP contribution in [0, 0.1) is 12.8 Å². The van der Waals surface area contributed by atoms with Crippen LogP contribution < -0.4 is 0 Å². The molecule has 0 amide bonds. The Hall–Kier alpha value is -1.66. The third-order valence-electron chi connectivity index (χ3n) is 3.67. The lowest BCUT2D eigenvalue weighted by Crippen LogP contribution is -2.21. The van der Waals surface area contributed by atoms with E-state index in [0.717, 1.165) is 19.6 Å². The zero-order chi connectivity index (χ0) is 13.2. The van der Waals surface area contributed by atoms with Crippen molar-refractivity contribution in [1.82, 2.24) is 20.0 Å². The van der Waals surface area contributed by atoms with Crippen molar-refractivity contribution < 1.29 is 9.63 Å². The summed E-state index contributed by atoms with van der Waals surface area (Å²) in [6.07, 6.45) is 1.92. The second-order valence-corrected chi connectivity index (χ2v) is 5.12. The Kier molecular flexibility index (Phi) is 3.35. The zero-order valence-electron chi connectivity index (χ0n) is 10.9. The Morgan fingerprint density at radius 1 is 1.53 bits per heavy atom. The fourth-order valence-corrected chi connectivity index (χ4v) is 2.72. The van der Waals surface area contributed by atoms with Gasteiger partial charge in [0, 0.05) is 44.0 Å². The highest BCUT2D eigenvalue weighted by Gasteiger charge is 2.36. The number of likely N-dealkylation sites (tertiary alicyclic amines) is 1. The largest absolute Gasteiger partial charge is 0.396 e. The molecule has 2 aromatic rings. The van der Waals surface area contributed by atoms with Gasteiger partial charge in [-0.3, -0.25) is 4.90 Å². The predicted molar refractivity (Wildman–Crippen MR) is 68.4 cm³/mol. The summed E-state index contributed by atoms with van der Waals surface area (Å²) in [7, 11) is 0. The van der Waals surface area contributed by atoms with Crippen molar-refractivity contribution in [2.24, 2.45) is 5.92 Å². The molecule has 3 rings (SSSR count). The summed E-state index contributed by atoms with van der Waals surface area (Å²) in [6.45, 7) is 4.50. The molecule has 1 fully saturated rings. The number of aryl methyl sites for hydroxylation is 1. The van der Waals surface area contributed by atoms with Crippen molar-refractivity contribution in [3.63, 3.8) is 0 Å². The summed E-state index contributed by atoms with van der Waals surface area (Å²) in [5.74, 6) is 1.58. The molecule has 102 valence electrons. The highest BCUT2D eigenvalue weighted by molar-refractivity contribution is 5.07. The minimum atomic E-state index is 0.126. The number of aliphatic hydroxyl groups is 1. The Balaban J connectivity index is 1.71. The van der Waals surface area contributed by atoms with Crippen LogP contribution in [0.15, 0.2) is 22.9 Å². The van der Waals surface area contributed by atoms with E-state index in [2.05, 4.69) is 26.1 Å². The molecule has 0 spiro atoms. The lowest BCUT2D eigenvalue weighted by atomic mass is 9.97. The number of aliphatic hydroxyl groups excluding tert-OH is 1. The molecule has 0 aromatic carbocycles. The van der Waals surface area contributed by atoms with Gasteiger partial charge in [0.25, 0.3) is 0 Å². The number of aromatic nitrogens is 3. The molecule has 0 bridgehead atoms. The molecule has 6 heteroatoms. The van der Waals surface area contributed by atoms with Crippen LogP contribution >= 0.6 is 0 Å². The molecule has 2 N–H and O–H groups in total. The molecule has 2 aromatic heterocycles. The molecular weight excluding hydrogens is 244 g/mol. The van der Waals surface area contributed by atoms with Crippen molar-refractivity contribution >= 4 is 0 Å². The lowest BCUT2D eigenvalue weighted by Gasteiger charge is -2.13. The maximum atomic E-state index is 9.52. The third kappa shape index (κ3) is 2.54. The smallest absolute Gasteiger partial charge is 0.231 e. The maximum Gasteiger partial charge on any atom is 0.231 e. The van der Waals surface area contributed by atoms with E-state index < -0.39 is 0 Å². The molecular formula is C13H18N4O2. The van der Waals surface area contributed by atoms with Crippen LogP contribution in [0.2, 0.25) is 0 Å². The van der Waals surface area contributed by atoms with Gasteiger partial charge in [0.1, 0.15) is 0 Å². The summed E-state index contributed by atoms with van der Waals surface area (Å²) in [5.41, 5.74) is 1.18. The first-order valence-electron chi connectivity index (χ1n) is 6.52. The predicted octanol–water partition coefficient (Wildman–Crippen LogP) is 0.914. The second kappa shape index (κ2) is 5.14. The number of hydrogen-bond donors (Lipinski definition) is 2. The minimum Gasteiger partial charge on any atom is -0.396 e. The Labute approximate surface area is 111 Å². The molecule has 19 heavy (non-hydrogen) atoms. The van der Waals surface area contributed by atoms with Crippen LogP contribution in [0.3, 0.4) is 0 Å². The van der Waals surface area contributed by atoms with Crippen LogP contribution in [0.5, 0.6) is 0 Å². The van der Waals surface area contributed by atoms with Gasteiger partial charge >= 0.3 is 0 Å². The van der Waals surface area contributed by atoms with Gasteiger partial charge in [0.05, 0.1) is 5.92 Å². The average Bonchev–Trinajstić information content (AvgIpc) is 3.10. The SMILES string of the molecule is Cc1noc([C@@H]2CN(Cc3ccc[nH]3)C[C@H]2CO)n1. The molecule has 6 nitrogen and oxygen atoms in total. The normalized spacial score (nSPS) is 24.1. The zero-order valence-corrected chi connectivity index (χ0v) is 10.9. The minimum absolute atomic E-state index is 0.126. The van der Waals surface area contributed by atoms with E-state index in [1.54, 1.807) is 0 Å². The van der Waals surface area contributed by atoms with Gasteiger partial charge in [-0.15, -0.1) is 0 Å². The number of H-pyrrole nitrogens is 1. The monoisotopic (exact) mass is 262 g/mol. The topological polar surface area (TPSA) is 78.2 Å². The van der Waals surface area contributed by atoms with E-state index in [4.69, 9.17) is 4.52 Å². The van der Waals surface area contributed by atoms with E-state index in [-0.39, 0.29) is 18.4 Å². The lowest BCUT2D eigenvalue weighted by molar-refractivity contribution is 0.204. The van der Waals surface area contributed by atoms with Crippen LogP contribution in [0.4, 0.5) is 0 Å². The van der Waals surface area contributed by atoms with Crippen LogP contribution in [-0.4, -0.2) is 44.8 Å². The average molecular weight is 262 g/mol. The molecule has 3 heterocycles. The van der Waals surface area contributed by atoms with E-state index >= 15 is 0 Å². The Morgan fingerprint density at radius 2 is 2.42 bits per heavy atom. The van der Waals surface area contributed by atoms with Crippen molar-refractivity contribution in [3.05, 3.63) is 35.7 Å². The molecule has 2 atom stereocenters. The van der Waals surface area contributed by atoms with Gasteiger partial charge in [-0.05, 0) is 19.1 Å². The number of rotatable bonds is 4. The summed E-state index contributed by atoms with van der Waals surface area (Å²) in [6, 6.07) is 4.06. The van der Waals surface area contributed by atoms with Crippen LogP contribution in [-0.2, 0) is 6.54 Å². The molecule has 1 saturated heterocycles. The number of nitrogens with one attached hydrogen (secondary N) is 1. The summed E-state index contributed by atoms with van der Waals surface area (Å²) in [5, 5.41) is 13.4. The van der Waals surface area contributed by atoms with Crippen molar-refractivity contribution in [2.45, 2.75) is 19.4 Å². The van der Waals surface area contributed by atoms with E-state index in [9.17, 15) is 5.11 Å². The van der Waals surface area contributed by atoms with Gasteiger partial charge in [-0.1, -0.05) is 5.16 Å². The third-order valence-corrected chi connectivity index (χ3v) is 3.67. The number of aromatic amines is 1. The summed E-state index contributed by atoms with van der Waals surface area (Å²) in [4.78, 5) is 9.80. The van der Waals surface area contributed by atoms with E-state index in [1.807, 2.05) is 19.2 Å². The first-order valence-corrected chi connectivity index (χ1v) is 6.52. The van der Waals surface area contributed by atoms with E-state index in [0.29, 0.717) is 11.7 Å². The molecule has 1 aliphatic rings. The Morgan fingerprint density at radius 3 is 3.05 bits per heavy atom. The first kappa shape index (κ1) is 12.4. The molecule has 0 unspecified atom stereocenters. The highest BCUT2D eigenvalue weighted by atomic mass is 16.5. The first-order chi connectivity index (χ1) is 9.26. The quantitative estimate of drug-likeness (QED) is 0.856. The van der Waals surface area contributed by atoms with E-state index in [1.165, 1.54) is 5.69 Å². The highest BCUT2D eigenvalue weighted by Crippen LogP contribution is 2.32. The molecule has 0 saturated carbocycles. The van der Waals surface area contributed by atoms with Crippen LogP contribution in [0.1, 0.15) is 23.3 Å². The summed E-state index contributed by atoms with van der Waals surface area (Å²) < 4.78 is 5.26. The molecule has 0 aliphatic carbocycles. The second-order valence-electron chi connectivity index (χ2n) is 5.12.